The van der Waals surface area contributed by atoms with E-state index in [1.54, 1.807) is 12.1 Å². The van der Waals surface area contributed by atoms with E-state index < -0.39 is 29.3 Å². The van der Waals surface area contributed by atoms with Crippen LogP contribution in [-0.4, -0.2) is 52.6 Å². The number of phenols is 1. The van der Waals surface area contributed by atoms with E-state index in [-0.39, 0.29) is 30.5 Å². The number of piperidine rings is 1. The molecule has 0 aromatic heterocycles. The van der Waals surface area contributed by atoms with Crippen molar-refractivity contribution in [3.05, 3.63) is 28.8 Å². The zero-order valence-corrected chi connectivity index (χ0v) is 15.5. The van der Waals surface area contributed by atoms with Crippen molar-refractivity contribution >= 4 is 11.9 Å². The van der Waals surface area contributed by atoms with Gasteiger partial charge in [0.15, 0.2) is 0 Å². The summed E-state index contributed by atoms with van der Waals surface area (Å²) in [5.74, 6) is -0.323. The van der Waals surface area contributed by atoms with Gasteiger partial charge in [0.25, 0.3) is 5.91 Å². The molecule has 5 rings (SSSR count). The molecule has 8 heteroatoms. The molecule has 1 saturated carbocycles. The summed E-state index contributed by atoms with van der Waals surface area (Å²) in [6.07, 6.45) is 2.28. The number of hydrogen-bond acceptors (Lipinski definition) is 5. The van der Waals surface area contributed by atoms with Gasteiger partial charge in [-0.3, -0.25) is 14.5 Å². The SMILES string of the molecule is O=C1NC(=O)[C@@]2(CC[C@@]3(O)[C@H]4Cc5c(CCF)cc(O)cc5[C@@]3(CCN4)C2)N1. The maximum atomic E-state index is 13.2. The van der Waals surface area contributed by atoms with Crippen molar-refractivity contribution in [2.24, 2.45) is 0 Å². The van der Waals surface area contributed by atoms with Gasteiger partial charge in [-0.05, 0) is 67.5 Å². The molecule has 3 fully saturated rings. The zero-order chi connectivity index (χ0) is 19.7. The van der Waals surface area contributed by atoms with Crippen molar-refractivity contribution in [1.82, 2.24) is 16.0 Å². The number of nitrogens with one attached hydrogen (secondary N) is 3. The number of imide groups is 1. The highest BCUT2D eigenvalue weighted by molar-refractivity contribution is 6.07. The molecule has 2 aliphatic carbocycles. The van der Waals surface area contributed by atoms with Gasteiger partial charge >= 0.3 is 6.03 Å². The van der Waals surface area contributed by atoms with Crippen molar-refractivity contribution < 1.29 is 24.2 Å². The number of carbonyl (C=O) groups excluding carboxylic acids is 2. The number of halogens is 1. The second-order valence-electron chi connectivity index (χ2n) is 8.70. The first-order valence-electron chi connectivity index (χ1n) is 9.84. The predicted molar refractivity (Wildman–Crippen MR) is 97.8 cm³/mol. The fourth-order valence-corrected chi connectivity index (χ4v) is 6.29. The maximum Gasteiger partial charge on any atom is 0.322 e. The molecule has 0 unspecified atom stereocenters. The number of amides is 3. The molecular weight excluding hydrogens is 365 g/mol. The molecule has 3 amide bonds. The van der Waals surface area contributed by atoms with E-state index in [4.69, 9.17) is 0 Å². The molecule has 4 atom stereocenters. The molecule has 2 saturated heterocycles. The second kappa shape index (κ2) is 5.67. The van der Waals surface area contributed by atoms with Gasteiger partial charge in [-0.15, -0.1) is 0 Å². The van der Waals surface area contributed by atoms with Gasteiger partial charge in [-0.25, -0.2) is 4.79 Å². The molecule has 150 valence electrons. The van der Waals surface area contributed by atoms with Gasteiger partial charge in [0.2, 0.25) is 0 Å². The Morgan fingerprint density at radius 3 is 2.75 bits per heavy atom. The normalized spacial score (nSPS) is 38.6. The first-order chi connectivity index (χ1) is 13.3. The molecular formula is C20H24FN3O4. The Morgan fingerprint density at radius 2 is 2.04 bits per heavy atom. The van der Waals surface area contributed by atoms with E-state index in [2.05, 4.69) is 16.0 Å². The Bertz CT molecular complexity index is 892. The number of aliphatic hydroxyl groups is 1. The third-order valence-corrected chi connectivity index (χ3v) is 7.51. The number of aryl methyl sites for hydroxylation is 1. The highest BCUT2D eigenvalue weighted by atomic mass is 19.1. The van der Waals surface area contributed by atoms with E-state index in [1.165, 1.54) is 0 Å². The fourth-order valence-electron chi connectivity index (χ4n) is 6.29. The third-order valence-electron chi connectivity index (χ3n) is 7.51. The molecule has 1 aromatic rings. The molecule has 5 N–H and O–H groups in total. The predicted octanol–water partition coefficient (Wildman–Crippen LogP) is 0.553. The Balaban J connectivity index is 1.72. The molecule has 2 aliphatic heterocycles. The van der Waals surface area contributed by atoms with Crippen LogP contribution in [-0.2, 0) is 23.1 Å². The highest BCUT2D eigenvalue weighted by Crippen LogP contribution is 2.59. The monoisotopic (exact) mass is 389 g/mol. The van der Waals surface area contributed by atoms with Crippen LogP contribution in [0.4, 0.5) is 9.18 Å². The van der Waals surface area contributed by atoms with Crippen molar-refractivity contribution in [3.8, 4) is 5.75 Å². The molecule has 1 aromatic carbocycles. The average molecular weight is 389 g/mol. The minimum absolute atomic E-state index is 0.0374. The van der Waals surface area contributed by atoms with E-state index in [0.717, 1.165) is 16.7 Å². The van der Waals surface area contributed by atoms with Gasteiger partial charge in [0, 0.05) is 17.9 Å². The quantitative estimate of drug-likeness (QED) is 0.475. The fraction of sp³-hybridized carbons (Fsp3) is 0.600. The van der Waals surface area contributed by atoms with Gasteiger partial charge in [-0.2, -0.15) is 0 Å². The summed E-state index contributed by atoms with van der Waals surface area (Å²) in [4.78, 5) is 24.5. The summed E-state index contributed by atoms with van der Waals surface area (Å²) in [7, 11) is 0. The first kappa shape index (κ1) is 17.9. The van der Waals surface area contributed by atoms with Crippen LogP contribution in [0.15, 0.2) is 12.1 Å². The second-order valence-corrected chi connectivity index (χ2v) is 8.70. The van der Waals surface area contributed by atoms with Crippen LogP contribution in [0.2, 0.25) is 0 Å². The molecule has 2 bridgehead atoms. The molecule has 0 radical (unpaired) electrons. The standard InChI is InChI=1S/C20H24FN3O4/c21-5-1-11-7-12(25)8-14-13(11)9-15-20(28)3-2-19(16(26)23-17(27)24-19)10-18(14,20)4-6-22-15/h7-8,15,22,25,28H,1-6,9-10H2,(H2,23,24,26,27)/t15-,18-,19+,20-/m1/s1. The first-order valence-corrected chi connectivity index (χ1v) is 9.84. The van der Waals surface area contributed by atoms with Crippen LogP contribution in [0.25, 0.3) is 0 Å². The van der Waals surface area contributed by atoms with Crippen molar-refractivity contribution in [2.75, 3.05) is 13.2 Å². The van der Waals surface area contributed by atoms with Crippen LogP contribution in [0.1, 0.15) is 42.4 Å². The Kier molecular flexibility index (Phi) is 3.62. The molecule has 7 nitrogen and oxygen atoms in total. The Labute approximate surface area is 161 Å². The number of aromatic hydroxyl groups is 1. The van der Waals surface area contributed by atoms with E-state index in [1.807, 2.05) is 0 Å². The largest absolute Gasteiger partial charge is 0.508 e. The average Bonchev–Trinajstić information content (AvgIpc) is 2.90. The van der Waals surface area contributed by atoms with Gasteiger partial charge in [-0.1, -0.05) is 0 Å². The lowest BCUT2D eigenvalue weighted by Gasteiger charge is -2.63. The molecule has 4 aliphatic rings. The van der Waals surface area contributed by atoms with Crippen molar-refractivity contribution in [1.29, 1.82) is 0 Å². The third kappa shape index (κ3) is 2.10. The minimum atomic E-state index is -1.10. The smallest absolute Gasteiger partial charge is 0.322 e. The Hall–Kier alpha value is -2.19. The summed E-state index contributed by atoms with van der Waals surface area (Å²) in [6, 6.07) is 2.53. The number of carbonyl (C=O) groups is 2. The summed E-state index contributed by atoms with van der Waals surface area (Å²) < 4.78 is 13.2. The highest BCUT2D eigenvalue weighted by Gasteiger charge is 2.68. The molecule has 1 spiro atoms. The lowest BCUT2D eigenvalue weighted by molar-refractivity contribution is -0.151. The van der Waals surface area contributed by atoms with Gasteiger partial charge in [0.05, 0.1) is 12.3 Å². The number of alkyl halides is 1. The van der Waals surface area contributed by atoms with Crippen LogP contribution in [0, 0.1) is 0 Å². The van der Waals surface area contributed by atoms with Crippen molar-refractivity contribution in [3.63, 3.8) is 0 Å². The summed E-state index contributed by atoms with van der Waals surface area (Å²) in [5.41, 5.74) is -0.479. The summed E-state index contributed by atoms with van der Waals surface area (Å²) >= 11 is 0. The van der Waals surface area contributed by atoms with Crippen LogP contribution in [0.5, 0.6) is 5.75 Å². The lowest BCUT2D eigenvalue weighted by atomic mass is 9.46. The Morgan fingerprint density at radius 1 is 1.21 bits per heavy atom. The minimum Gasteiger partial charge on any atom is -0.508 e. The number of phenolic OH excluding ortho intramolecular Hbond substituents is 1. The number of hydrogen-bond donors (Lipinski definition) is 5. The number of rotatable bonds is 2. The maximum absolute atomic E-state index is 13.2. The van der Waals surface area contributed by atoms with Gasteiger partial charge in [0.1, 0.15) is 11.3 Å². The van der Waals surface area contributed by atoms with Crippen molar-refractivity contribution in [2.45, 2.75) is 61.1 Å². The number of urea groups is 1. The van der Waals surface area contributed by atoms with E-state index in [9.17, 15) is 24.2 Å². The van der Waals surface area contributed by atoms with Gasteiger partial charge < -0.3 is 20.8 Å². The van der Waals surface area contributed by atoms with E-state index >= 15 is 0 Å². The number of fused-ring (bicyclic) bond motifs is 1. The van der Waals surface area contributed by atoms with Crippen LogP contribution in [0.3, 0.4) is 0 Å². The van der Waals surface area contributed by atoms with Crippen LogP contribution >= 0.6 is 0 Å². The number of benzene rings is 1. The zero-order valence-electron chi connectivity index (χ0n) is 15.5. The topological polar surface area (TPSA) is 111 Å². The molecule has 2 heterocycles. The van der Waals surface area contributed by atoms with E-state index in [0.29, 0.717) is 32.2 Å². The summed E-state index contributed by atoms with van der Waals surface area (Å²) in [5, 5.41) is 30.8. The van der Waals surface area contributed by atoms with Crippen LogP contribution < -0.4 is 16.0 Å². The lowest BCUT2D eigenvalue weighted by Crippen LogP contribution is -2.75. The summed E-state index contributed by atoms with van der Waals surface area (Å²) in [6.45, 7) is 0.125. The molecule has 28 heavy (non-hydrogen) atoms.